The average molecular weight is 250 g/mol. The first-order valence-corrected chi connectivity index (χ1v) is 4.79. The zero-order valence-corrected chi connectivity index (χ0v) is 5.33. The molecule has 1 nitrogen and oxygen atoms in total. The normalized spacial score (nSPS) is 16.1. The minimum absolute atomic E-state index is 5.77. The van der Waals surface area contributed by atoms with E-state index in [4.69, 9.17) is 3.07 Å². The summed E-state index contributed by atoms with van der Waals surface area (Å²) in [5, 5.41) is 0. The Morgan fingerprint density at radius 3 is 1.25 bits per heavy atom. The molecule has 0 rings (SSSR count). The summed E-state index contributed by atoms with van der Waals surface area (Å²) in [5.41, 5.74) is 0. The van der Waals surface area contributed by atoms with Gasteiger partial charge in [0.05, 0.1) is 0 Å². The molecule has 0 saturated carbocycles. The van der Waals surface area contributed by atoms with Crippen LogP contribution in [-0.2, 0) is 3.07 Å². The summed E-state index contributed by atoms with van der Waals surface area (Å²) in [7, 11) is 0. The van der Waals surface area contributed by atoms with Gasteiger partial charge in [0.2, 0.25) is 0 Å². The minimum atomic E-state index is -7.49. The van der Waals surface area contributed by atoms with E-state index in [1.165, 1.54) is 0 Å². The van der Waals surface area contributed by atoms with Crippen molar-refractivity contribution in [2.24, 2.45) is 0 Å². The molecule has 0 saturated heterocycles. The molecule has 0 aromatic heterocycles. The standard InChI is InChI=1S/CF5IO/c2-1(3,4)7(5,6)8. The molecule has 0 fully saturated rings. The van der Waals surface area contributed by atoms with Gasteiger partial charge < -0.3 is 0 Å². The number of hydrogen-bond donors (Lipinski definition) is 0. The Balaban J connectivity index is 4.26. The van der Waals surface area contributed by atoms with Crippen molar-refractivity contribution in [2.45, 2.75) is 4.18 Å². The Kier molecular flexibility index (Phi) is 1.89. The molecule has 0 aliphatic rings. The maximum atomic E-state index is 10.7. The van der Waals surface area contributed by atoms with Gasteiger partial charge in [-0.15, -0.1) is 0 Å². The SMILES string of the molecule is O=I(F)(F)C(F)(F)F. The maximum absolute atomic E-state index is 10.7. The zero-order chi connectivity index (χ0) is 7.00. The number of rotatable bonds is 0. The van der Waals surface area contributed by atoms with Crippen LogP contribution in [0.3, 0.4) is 0 Å². The van der Waals surface area contributed by atoms with Crippen molar-refractivity contribution in [3.63, 3.8) is 0 Å². The third-order valence-corrected chi connectivity index (χ3v) is 1.67. The summed E-state index contributed by atoms with van der Waals surface area (Å²) in [6, 6.07) is 0. The molecule has 0 aliphatic heterocycles. The van der Waals surface area contributed by atoms with E-state index in [1.54, 1.807) is 0 Å². The summed E-state index contributed by atoms with van der Waals surface area (Å²) in [5.74, 6) is 0. The number of halogens is 6. The van der Waals surface area contributed by atoms with Gasteiger partial charge in [-0.05, 0) is 0 Å². The third-order valence-electron chi connectivity index (χ3n) is 0.249. The third kappa shape index (κ3) is 1.97. The first-order chi connectivity index (χ1) is 3.25. The second-order valence-corrected chi connectivity index (χ2v) is 4.27. The molecule has 52 valence electrons. The van der Waals surface area contributed by atoms with E-state index in [0.29, 0.717) is 0 Å². The van der Waals surface area contributed by atoms with Crippen molar-refractivity contribution >= 4 is 19.6 Å². The topological polar surface area (TPSA) is 17.1 Å². The van der Waals surface area contributed by atoms with Crippen molar-refractivity contribution in [2.75, 3.05) is 0 Å². The summed E-state index contributed by atoms with van der Waals surface area (Å²) < 4.78 is 56.3. The van der Waals surface area contributed by atoms with E-state index in [9.17, 15) is 18.9 Å². The van der Waals surface area contributed by atoms with Crippen LogP contribution in [0.4, 0.5) is 18.9 Å². The van der Waals surface area contributed by atoms with Crippen LogP contribution < -0.4 is 0 Å². The Labute approximate surface area is 46.3 Å². The number of alkyl halides is 4. The van der Waals surface area contributed by atoms with E-state index in [0.717, 1.165) is 0 Å². The van der Waals surface area contributed by atoms with Crippen molar-refractivity contribution in [3.05, 3.63) is 0 Å². The molecule has 0 spiro atoms. The van der Waals surface area contributed by atoms with Gasteiger partial charge in [-0.1, -0.05) is 0 Å². The Bertz CT molecular complexity index is 119. The summed E-state index contributed by atoms with van der Waals surface area (Å²) in [6.07, 6.45) is 0. The molecule has 8 heavy (non-hydrogen) atoms. The first kappa shape index (κ1) is 8.18. The van der Waals surface area contributed by atoms with E-state index < -0.39 is 23.7 Å². The van der Waals surface area contributed by atoms with Crippen molar-refractivity contribution < 1.29 is 22.0 Å². The molecule has 0 aromatic rings. The molecule has 0 N–H and O–H groups in total. The quantitative estimate of drug-likeness (QED) is 0.367. The fraction of sp³-hybridized carbons (Fsp3) is 1.00. The monoisotopic (exact) mass is 250 g/mol. The molecular weight excluding hydrogens is 250 g/mol. The molecule has 0 bridgehead atoms. The van der Waals surface area contributed by atoms with Crippen LogP contribution in [0.25, 0.3) is 0 Å². The first-order valence-electron chi connectivity index (χ1n) is 1.20. The van der Waals surface area contributed by atoms with Crippen LogP contribution in [0.1, 0.15) is 0 Å². The molecule has 0 unspecified atom stereocenters. The molecule has 0 radical (unpaired) electrons. The van der Waals surface area contributed by atoms with Crippen LogP contribution in [0, 0.1) is 0 Å². The molecule has 0 atom stereocenters. The van der Waals surface area contributed by atoms with Gasteiger partial charge in [0.15, 0.2) is 0 Å². The zero-order valence-electron chi connectivity index (χ0n) is 3.18. The summed E-state index contributed by atoms with van der Waals surface area (Å²) in [4.78, 5) is 0. The van der Waals surface area contributed by atoms with Gasteiger partial charge in [-0.2, -0.15) is 0 Å². The van der Waals surface area contributed by atoms with Crippen LogP contribution in [0.5, 0.6) is 0 Å². The Morgan fingerprint density at radius 2 is 1.25 bits per heavy atom. The van der Waals surface area contributed by atoms with E-state index in [1.807, 2.05) is 0 Å². The number of hydrogen-bond acceptors (Lipinski definition) is 1. The van der Waals surface area contributed by atoms with Crippen LogP contribution in [0.2, 0.25) is 0 Å². The predicted octanol–water partition coefficient (Wildman–Crippen LogP) is 2.66. The van der Waals surface area contributed by atoms with Crippen LogP contribution >= 0.6 is 19.6 Å². The van der Waals surface area contributed by atoms with Gasteiger partial charge in [0.25, 0.3) is 0 Å². The predicted molar refractivity (Wildman–Crippen MR) is 23.0 cm³/mol. The van der Waals surface area contributed by atoms with E-state index in [-0.39, 0.29) is 0 Å². The van der Waals surface area contributed by atoms with Gasteiger partial charge >= 0.3 is 45.7 Å². The van der Waals surface area contributed by atoms with Gasteiger partial charge in [0.1, 0.15) is 0 Å². The summed E-state index contributed by atoms with van der Waals surface area (Å²) >= 11 is -7.49. The van der Waals surface area contributed by atoms with Gasteiger partial charge in [-0.25, -0.2) is 0 Å². The molecule has 0 heterocycles. The van der Waals surface area contributed by atoms with Crippen LogP contribution in [0.15, 0.2) is 0 Å². The van der Waals surface area contributed by atoms with Crippen molar-refractivity contribution in [1.29, 1.82) is 0 Å². The fourth-order valence-corrected chi connectivity index (χ4v) is 0. The van der Waals surface area contributed by atoms with Crippen molar-refractivity contribution in [3.8, 4) is 0 Å². The molecule has 0 aromatic carbocycles. The molecule has 0 amide bonds. The molecule has 0 aliphatic carbocycles. The van der Waals surface area contributed by atoms with Gasteiger partial charge in [0, 0.05) is 0 Å². The van der Waals surface area contributed by atoms with E-state index in [2.05, 4.69) is 0 Å². The van der Waals surface area contributed by atoms with E-state index >= 15 is 0 Å². The second kappa shape index (κ2) is 1.85. The Morgan fingerprint density at radius 1 is 1.12 bits per heavy atom. The summed E-state index contributed by atoms with van der Waals surface area (Å²) in [6.45, 7) is 0. The fourth-order valence-electron chi connectivity index (χ4n) is 0. The molecule has 7 heteroatoms. The average Bonchev–Trinajstić information content (AvgIpc) is 1.25. The van der Waals surface area contributed by atoms with Gasteiger partial charge in [-0.3, -0.25) is 0 Å². The Hall–Kier alpha value is 0.180. The molecular formula is CF5IO. The second-order valence-electron chi connectivity index (χ2n) is 0.819. The van der Waals surface area contributed by atoms with Crippen molar-refractivity contribution in [1.82, 2.24) is 0 Å². The van der Waals surface area contributed by atoms with Crippen LogP contribution in [-0.4, -0.2) is 4.18 Å².